The largest absolute Gasteiger partial charge is 0.472 e. The zero-order chi connectivity index (χ0) is 66.2. The molecular formula is C42H76N7O32P7S. The Balaban J connectivity index is 0.874. The Morgan fingerprint density at radius 2 is 0.978 bits per heavy atom. The highest BCUT2D eigenvalue weighted by Crippen LogP contribution is 2.53. The fourth-order valence-electron chi connectivity index (χ4n) is 7.66. The molecule has 2 aliphatic heterocycles. The summed E-state index contributed by atoms with van der Waals surface area (Å²) in [5, 5.41) is 0. The van der Waals surface area contributed by atoms with Crippen molar-refractivity contribution in [3.8, 4) is 0 Å². The fraction of sp³-hybridized carbons (Fsp3) is 0.786. The third-order valence-corrected chi connectivity index (χ3v) is 21.3. The van der Waals surface area contributed by atoms with E-state index in [0.717, 1.165) is 0 Å². The van der Waals surface area contributed by atoms with Crippen LogP contribution in [0.25, 0.3) is 11.2 Å². The lowest BCUT2D eigenvalue weighted by molar-refractivity contribution is -0.105. The van der Waals surface area contributed by atoms with Gasteiger partial charge in [0.1, 0.15) is 30.8 Å². The van der Waals surface area contributed by atoms with Gasteiger partial charge in [-0.1, -0.05) is 13.8 Å². The van der Waals surface area contributed by atoms with E-state index in [1.165, 1.54) is 28.6 Å². The number of H-pyrrole nitrogens is 2. The standard InChI is InChI=1S/C42H76N7O32P7S/c1-28(2)82(53,89)76-25-33-31(23-35(79-33)49-27-44-36-37(49)45-40(43)46-39(36)51)81-88(64,65)75-21-11-19-73-86(60,61)71-17-9-15-69-84(56,57)67-13-7-12-66-83(54,55)68-14-8-16-70-85(58,59)72-18-10-20-74-87(62,63)77-26-32-30(80-42(4,5)6)22-34(78-32)48-24-29(3)38(50)47-41(48)52/h24,27-28,30-35H,7-23,25-26H2,1-6H3,(H,53,89)(H,54,55)(H,56,57)(H,58,59)(H,60,61)(H,62,63)(H,64,65)(H,47,50,52)(H3,43,45,46,51)/t30-,31?,32-,33?,34-,35?,82?/m0/s1. The highest BCUT2D eigenvalue weighted by molar-refractivity contribution is 8.09. The number of rotatable bonds is 42. The number of aryl methyl sites for hydroxylation is 1. The van der Waals surface area contributed by atoms with Crippen LogP contribution in [-0.4, -0.2) is 178 Å². The Labute approximate surface area is 513 Å². The van der Waals surface area contributed by atoms with Crippen molar-refractivity contribution in [3.05, 3.63) is 49.3 Å². The zero-order valence-corrected chi connectivity index (χ0v) is 56.0. The van der Waals surface area contributed by atoms with Crippen LogP contribution in [0, 0.1) is 6.92 Å². The lowest BCUT2D eigenvalue weighted by atomic mass is 10.1. The molecule has 10 unspecified atom stereocenters. The second kappa shape index (κ2) is 34.1. The number of aromatic amines is 2. The average molecular weight is 1440 g/mol. The number of phosphoric acid groups is 6. The van der Waals surface area contributed by atoms with Gasteiger partial charge in [-0.3, -0.25) is 83.0 Å². The predicted molar refractivity (Wildman–Crippen MR) is 310 cm³/mol. The maximum absolute atomic E-state index is 13.0. The van der Waals surface area contributed by atoms with Gasteiger partial charge in [0.25, 0.3) is 11.1 Å². The number of hydrogen-bond donors (Lipinski definition) is 10. The maximum atomic E-state index is 13.0. The van der Waals surface area contributed by atoms with Crippen LogP contribution >= 0.6 is 53.4 Å². The van der Waals surface area contributed by atoms with Crippen molar-refractivity contribution in [2.75, 3.05) is 85.0 Å². The summed E-state index contributed by atoms with van der Waals surface area (Å²) in [6, 6.07) is 0. The number of hydrogen-bond acceptors (Lipinski definition) is 29. The van der Waals surface area contributed by atoms with Gasteiger partial charge in [0.05, 0.1) is 97.3 Å². The van der Waals surface area contributed by atoms with Crippen molar-refractivity contribution >= 4 is 82.3 Å². The number of nitrogens with one attached hydrogen (secondary N) is 2. The van der Waals surface area contributed by atoms with E-state index in [-0.39, 0.29) is 74.2 Å². The van der Waals surface area contributed by atoms with Crippen LogP contribution in [0.15, 0.2) is 26.9 Å². The van der Waals surface area contributed by atoms with E-state index >= 15 is 0 Å². The molecule has 0 spiro atoms. The molecule has 2 fully saturated rings. The highest BCUT2D eigenvalue weighted by Gasteiger charge is 2.44. The summed E-state index contributed by atoms with van der Waals surface area (Å²) in [6.45, 7) is 0.810. The minimum absolute atomic E-state index is 0.0433. The highest BCUT2D eigenvalue weighted by atomic mass is 32.5. The van der Waals surface area contributed by atoms with Crippen molar-refractivity contribution < 1.29 is 135 Å². The predicted octanol–water partition coefficient (Wildman–Crippen LogP) is 4.17. The summed E-state index contributed by atoms with van der Waals surface area (Å²) >= 11 is 5.19. The normalized spacial score (nSPS) is 24.0. The van der Waals surface area contributed by atoms with Gasteiger partial charge in [0.15, 0.2) is 17.7 Å². The van der Waals surface area contributed by atoms with Crippen LogP contribution in [0.4, 0.5) is 5.95 Å². The number of nitrogens with zero attached hydrogens (tertiary/aromatic N) is 4. The molecule has 0 amide bonds. The summed E-state index contributed by atoms with van der Waals surface area (Å²) in [6.07, 6.45) is -4.38. The molecule has 89 heavy (non-hydrogen) atoms. The molecule has 47 heteroatoms. The molecule has 512 valence electrons. The topological polar surface area (TPSA) is 536 Å². The number of nitrogen functional groups attached to an aromatic ring is 1. The molecule has 5 heterocycles. The van der Waals surface area contributed by atoms with E-state index in [4.69, 9.17) is 90.6 Å². The first kappa shape index (κ1) is 77.6. The van der Waals surface area contributed by atoms with Crippen molar-refractivity contribution in [1.29, 1.82) is 0 Å². The summed E-state index contributed by atoms with van der Waals surface area (Å²) in [7, 11) is -28.4. The van der Waals surface area contributed by atoms with E-state index < -0.39 is 191 Å². The quantitative estimate of drug-likeness (QED) is 0.0281. The van der Waals surface area contributed by atoms with Gasteiger partial charge in [-0.2, -0.15) is 4.98 Å². The second-order valence-corrected chi connectivity index (χ2v) is 33.2. The first-order chi connectivity index (χ1) is 41.3. The molecule has 3 aromatic rings. The first-order valence-electron chi connectivity index (χ1n) is 27.0. The third-order valence-electron chi connectivity index (χ3n) is 11.8. The van der Waals surface area contributed by atoms with E-state index in [1.54, 1.807) is 34.6 Å². The zero-order valence-electron chi connectivity index (χ0n) is 48.9. The second-order valence-electron chi connectivity index (χ2n) is 20.6. The van der Waals surface area contributed by atoms with Crippen LogP contribution in [0.5, 0.6) is 0 Å². The molecule has 0 saturated carbocycles. The van der Waals surface area contributed by atoms with Crippen LogP contribution < -0.4 is 22.5 Å². The molecule has 2 saturated heterocycles. The number of anilines is 1. The number of nitrogens with two attached hydrogens (primary N) is 1. The molecule has 5 rings (SSSR count). The average Bonchev–Trinajstić information content (AvgIpc) is 1.68. The van der Waals surface area contributed by atoms with Crippen LogP contribution in [0.2, 0.25) is 0 Å². The van der Waals surface area contributed by atoms with Crippen LogP contribution in [0.3, 0.4) is 0 Å². The van der Waals surface area contributed by atoms with Crippen molar-refractivity contribution in [1.82, 2.24) is 29.1 Å². The molecule has 3 aromatic heterocycles. The Bertz CT molecular complexity index is 3330. The SMILES string of the molecule is Cc1cn([C@@H]2C[C@H](OC(C)(C)C)[C@H](COP(=O)(O)OCCCOP(=O)(O)OCCCOP(=O)(O)OCCCOP(=O)(O)OCCCOP(=O)(O)OCCCOP(=O)(O)OC3CC(n4cnc5c(=O)[nH]c(N)nc54)OC3COP(O)(=S)C(C)C)O2)c(=O)[nH]c1=O. The summed E-state index contributed by atoms with van der Waals surface area (Å²) in [4.78, 5) is 121. The third kappa shape index (κ3) is 27.3. The van der Waals surface area contributed by atoms with Gasteiger partial charge in [-0.15, -0.1) is 0 Å². The van der Waals surface area contributed by atoms with Gasteiger partial charge < -0.3 is 58.7 Å². The van der Waals surface area contributed by atoms with Crippen LogP contribution in [-0.2, 0) is 112 Å². The summed E-state index contributed by atoms with van der Waals surface area (Å²) in [5.74, 6) is -0.209. The fourth-order valence-corrected chi connectivity index (χ4v) is 13.4. The molecule has 0 radical (unpaired) electrons. The Morgan fingerprint density at radius 3 is 1.40 bits per heavy atom. The molecule has 2 aliphatic rings. The van der Waals surface area contributed by atoms with Gasteiger partial charge in [-0.05, 0) is 71.6 Å². The number of phosphoric ester groups is 6. The lowest BCUT2D eigenvalue weighted by Crippen LogP contribution is -2.35. The monoisotopic (exact) mass is 1440 g/mol. The summed E-state index contributed by atoms with van der Waals surface area (Å²) < 4.78 is 160. The molecule has 0 bridgehead atoms. The Hall–Kier alpha value is -2.06. The minimum Gasteiger partial charge on any atom is -0.370 e. The molecular weight excluding hydrogens is 1360 g/mol. The van der Waals surface area contributed by atoms with Crippen LogP contribution in [0.1, 0.15) is 97.6 Å². The number of imidazole rings is 1. The Morgan fingerprint density at radius 1 is 0.596 bits per heavy atom. The number of fused-ring (bicyclic) bond motifs is 1. The van der Waals surface area contributed by atoms with E-state index in [0.29, 0.717) is 0 Å². The van der Waals surface area contributed by atoms with E-state index in [2.05, 4.69) is 19.9 Å². The van der Waals surface area contributed by atoms with Gasteiger partial charge in [-0.25, -0.2) is 37.2 Å². The molecule has 0 aliphatic carbocycles. The van der Waals surface area contributed by atoms with E-state index in [1.807, 2.05) is 0 Å². The molecule has 13 atom stereocenters. The first-order valence-corrected chi connectivity index (χ1v) is 38.7. The lowest BCUT2D eigenvalue weighted by Gasteiger charge is -2.27. The number of ether oxygens (including phenoxy) is 3. The van der Waals surface area contributed by atoms with Gasteiger partial charge in [0.2, 0.25) is 5.95 Å². The van der Waals surface area contributed by atoms with Crippen molar-refractivity contribution in [2.45, 2.75) is 135 Å². The molecule has 39 nitrogen and oxygen atoms in total. The van der Waals surface area contributed by atoms with Gasteiger partial charge >= 0.3 is 52.6 Å². The van der Waals surface area contributed by atoms with Gasteiger partial charge in [0, 0.05) is 30.3 Å². The minimum atomic E-state index is -4.89. The molecule has 11 N–H and O–H groups in total. The number of aromatic nitrogens is 6. The van der Waals surface area contributed by atoms with Crippen molar-refractivity contribution in [2.24, 2.45) is 0 Å². The molecule has 0 aromatic carbocycles. The van der Waals surface area contributed by atoms with Crippen molar-refractivity contribution in [3.63, 3.8) is 0 Å². The van der Waals surface area contributed by atoms with E-state index in [9.17, 15) is 76.0 Å². The summed E-state index contributed by atoms with van der Waals surface area (Å²) in [5.41, 5.74) is 2.89. The maximum Gasteiger partial charge on any atom is 0.472 e. The smallest absolute Gasteiger partial charge is 0.370 e. The Kier molecular flexibility index (Phi) is 29.7.